The average molecular weight is 250 g/mol. The van der Waals surface area contributed by atoms with Crippen LogP contribution in [0.3, 0.4) is 0 Å². The van der Waals surface area contributed by atoms with E-state index in [9.17, 15) is 4.79 Å². The summed E-state index contributed by atoms with van der Waals surface area (Å²) in [6.45, 7) is 5.75. The Bertz CT molecular complexity index is 264. The van der Waals surface area contributed by atoms with Gasteiger partial charge in [-0.15, -0.1) is 0 Å². The van der Waals surface area contributed by atoms with Crippen LogP contribution in [0.1, 0.15) is 58.3 Å². The number of hydrogen-bond acceptors (Lipinski definition) is 2. The minimum Gasteiger partial charge on any atom is -0.435 e. The second-order valence-electron chi connectivity index (χ2n) is 4.27. The third-order valence-electron chi connectivity index (χ3n) is 2.54. The van der Waals surface area contributed by atoms with E-state index in [-0.39, 0.29) is 5.97 Å². The molecule has 2 heteroatoms. The number of carbonyl (C=O) groups is 1. The molecule has 0 rings (SSSR count). The van der Waals surface area contributed by atoms with E-state index in [1.54, 1.807) is 6.08 Å². The maximum Gasteiger partial charge on any atom is 0.310 e. The van der Waals surface area contributed by atoms with Gasteiger partial charge in [-0.2, -0.15) is 0 Å². The van der Waals surface area contributed by atoms with Crippen molar-refractivity contribution in [1.29, 1.82) is 0 Å². The van der Waals surface area contributed by atoms with Crippen LogP contribution in [0.4, 0.5) is 0 Å². The van der Waals surface area contributed by atoms with Gasteiger partial charge in [0.25, 0.3) is 0 Å². The molecule has 0 aromatic heterocycles. The van der Waals surface area contributed by atoms with Crippen molar-refractivity contribution in [3.8, 4) is 0 Å². The Balaban J connectivity index is 3.34. The Morgan fingerprint density at radius 1 is 1.11 bits per heavy atom. The topological polar surface area (TPSA) is 26.3 Å². The first-order valence-corrected chi connectivity index (χ1v) is 6.93. The molecule has 102 valence electrons. The van der Waals surface area contributed by atoms with E-state index in [1.165, 1.54) is 12.7 Å². The summed E-state index contributed by atoms with van der Waals surface area (Å²) in [4.78, 5) is 11.3. The van der Waals surface area contributed by atoms with Gasteiger partial charge in [-0.05, 0) is 38.2 Å². The highest BCUT2D eigenvalue weighted by Gasteiger charge is 1.99. The van der Waals surface area contributed by atoms with E-state index in [0.29, 0.717) is 6.42 Å². The van der Waals surface area contributed by atoms with Gasteiger partial charge in [-0.3, -0.25) is 4.79 Å². The summed E-state index contributed by atoms with van der Waals surface area (Å²) in [5.41, 5.74) is 0. The van der Waals surface area contributed by atoms with E-state index < -0.39 is 0 Å². The van der Waals surface area contributed by atoms with Gasteiger partial charge in [-0.1, -0.05) is 44.6 Å². The van der Waals surface area contributed by atoms with Crippen LogP contribution >= 0.6 is 0 Å². The van der Waals surface area contributed by atoms with E-state index in [2.05, 4.69) is 19.6 Å². The number of ether oxygens (including phenoxy) is 1. The van der Waals surface area contributed by atoms with Crippen LogP contribution in [0.2, 0.25) is 0 Å². The van der Waals surface area contributed by atoms with Crippen LogP contribution in [0.15, 0.2) is 37.1 Å². The molecule has 0 saturated heterocycles. The Morgan fingerprint density at radius 2 is 1.89 bits per heavy atom. The van der Waals surface area contributed by atoms with Crippen LogP contribution in [0, 0.1) is 0 Å². The highest BCUT2D eigenvalue weighted by Crippen LogP contribution is 2.05. The quantitative estimate of drug-likeness (QED) is 0.225. The molecule has 0 radical (unpaired) electrons. The van der Waals surface area contributed by atoms with E-state index in [0.717, 1.165) is 38.5 Å². The van der Waals surface area contributed by atoms with Crippen molar-refractivity contribution in [2.75, 3.05) is 0 Å². The molecule has 0 unspecified atom stereocenters. The zero-order chi connectivity index (χ0) is 13.5. The van der Waals surface area contributed by atoms with Gasteiger partial charge in [0.2, 0.25) is 0 Å². The van der Waals surface area contributed by atoms with Crippen LogP contribution in [0.25, 0.3) is 0 Å². The standard InChI is InChI=1S/C16H26O2/c1-3-5-7-9-10-11-12-14-16(17)18-15-13-8-6-4-2/h3,5,7,13,15H,1,4,6,8-12,14H2,2H3/b7-5+,15-13?. The largest absolute Gasteiger partial charge is 0.435 e. The van der Waals surface area contributed by atoms with Crippen LogP contribution in [-0.2, 0) is 9.53 Å². The molecule has 18 heavy (non-hydrogen) atoms. The van der Waals surface area contributed by atoms with Gasteiger partial charge < -0.3 is 4.74 Å². The molecule has 0 bridgehead atoms. The lowest BCUT2D eigenvalue weighted by molar-refractivity contribution is -0.138. The van der Waals surface area contributed by atoms with E-state index >= 15 is 0 Å². The summed E-state index contributed by atoms with van der Waals surface area (Å²) < 4.78 is 4.99. The normalized spacial score (nSPS) is 11.2. The van der Waals surface area contributed by atoms with E-state index in [4.69, 9.17) is 4.74 Å². The Hall–Kier alpha value is -1.31. The molecule has 0 aromatic rings. The fourth-order valence-corrected chi connectivity index (χ4v) is 1.47. The van der Waals surface area contributed by atoms with Crippen LogP contribution in [-0.4, -0.2) is 5.97 Å². The predicted molar refractivity (Wildman–Crippen MR) is 77.2 cm³/mol. The summed E-state index contributed by atoms with van der Waals surface area (Å²) in [5, 5.41) is 0. The molecule has 0 amide bonds. The minimum atomic E-state index is -0.121. The summed E-state index contributed by atoms with van der Waals surface area (Å²) in [7, 11) is 0. The fraction of sp³-hybridized carbons (Fsp3) is 0.562. The highest BCUT2D eigenvalue weighted by molar-refractivity contribution is 5.69. The lowest BCUT2D eigenvalue weighted by Gasteiger charge is -1.99. The lowest BCUT2D eigenvalue weighted by atomic mass is 10.1. The molecule has 0 aliphatic carbocycles. The molecule has 0 aromatic carbocycles. The first-order valence-electron chi connectivity index (χ1n) is 6.93. The van der Waals surface area contributed by atoms with Crippen molar-refractivity contribution in [1.82, 2.24) is 0 Å². The van der Waals surface area contributed by atoms with Crippen molar-refractivity contribution in [2.24, 2.45) is 0 Å². The average Bonchev–Trinajstić information content (AvgIpc) is 2.37. The molecule has 0 N–H and O–H groups in total. The zero-order valence-corrected chi connectivity index (χ0v) is 11.6. The molecule has 2 nitrogen and oxygen atoms in total. The first kappa shape index (κ1) is 16.7. The SMILES string of the molecule is C=C/C=C/CCCCCC(=O)OC=CCCCC. The van der Waals surface area contributed by atoms with Crippen molar-refractivity contribution in [2.45, 2.75) is 58.3 Å². The Labute approximate surface area is 111 Å². The van der Waals surface area contributed by atoms with Crippen molar-refractivity contribution < 1.29 is 9.53 Å². The second-order valence-corrected chi connectivity index (χ2v) is 4.27. The number of carbonyl (C=O) groups excluding carboxylic acids is 1. The van der Waals surface area contributed by atoms with Gasteiger partial charge in [-0.25, -0.2) is 0 Å². The van der Waals surface area contributed by atoms with Gasteiger partial charge in [0.1, 0.15) is 0 Å². The maximum absolute atomic E-state index is 11.3. The molecule has 0 aliphatic heterocycles. The molecular formula is C16H26O2. The van der Waals surface area contributed by atoms with Crippen LogP contribution in [0.5, 0.6) is 0 Å². The third-order valence-corrected chi connectivity index (χ3v) is 2.54. The zero-order valence-electron chi connectivity index (χ0n) is 11.6. The number of allylic oxidation sites excluding steroid dienone is 4. The summed E-state index contributed by atoms with van der Waals surface area (Å²) in [6.07, 6.45) is 17.2. The summed E-state index contributed by atoms with van der Waals surface area (Å²) in [6, 6.07) is 0. The lowest BCUT2D eigenvalue weighted by Crippen LogP contribution is -1.98. The maximum atomic E-state index is 11.3. The summed E-state index contributed by atoms with van der Waals surface area (Å²) in [5.74, 6) is -0.121. The van der Waals surface area contributed by atoms with Crippen molar-refractivity contribution >= 4 is 5.97 Å². The van der Waals surface area contributed by atoms with Gasteiger partial charge >= 0.3 is 5.97 Å². The fourth-order valence-electron chi connectivity index (χ4n) is 1.47. The molecule has 0 heterocycles. The highest BCUT2D eigenvalue weighted by atomic mass is 16.5. The van der Waals surface area contributed by atoms with Crippen molar-refractivity contribution in [3.05, 3.63) is 37.1 Å². The molecule has 0 atom stereocenters. The monoisotopic (exact) mass is 250 g/mol. The minimum absolute atomic E-state index is 0.121. The van der Waals surface area contributed by atoms with Gasteiger partial charge in [0.05, 0.1) is 6.26 Å². The van der Waals surface area contributed by atoms with Crippen LogP contribution < -0.4 is 0 Å². The number of esters is 1. The van der Waals surface area contributed by atoms with Gasteiger partial charge in [0, 0.05) is 6.42 Å². The second kappa shape index (κ2) is 13.8. The number of unbranched alkanes of at least 4 members (excludes halogenated alkanes) is 5. The van der Waals surface area contributed by atoms with E-state index in [1.807, 2.05) is 12.2 Å². The molecule has 0 spiro atoms. The third kappa shape index (κ3) is 12.8. The smallest absolute Gasteiger partial charge is 0.310 e. The molecule has 0 fully saturated rings. The molecule has 0 aliphatic rings. The number of hydrogen-bond donors (Lipinski definition) is 0. The summed E-state index contributed by atoms with van der Waals surface area (Å²) >= 11 is 0. The Morgan fingerprint density at radius 3 is 2.61 bits per heavy atom. The predicted octanol–water partition coefficient (Wildman–Crippen LogP) is 4.93. The molecular weight excluding hydrogens is 224 g/mol. The number of rotatable bonds is 11. The Kier molecular flexibility index (Phi) is 12.8. The first-order chi connectivity index (χ1) is 8.81. The van der Waals surface area contributed by atoms with Gasteiger partial charge in [0.15, 0.2) is 0 Å². The molecule has 0 saturated carbocycles. The van der Waals surface area contributed by atoms with Crippen molar-refractivity contribution in [3.63, 3.8) is 0 Å².